The van der Waals surface area contributed by atoms with Crippen LogP contribution in [-0.2, 0) is 9.59 Å². The number of carbonyl (C=O) groups is 2. The molecule has 1 aliphatic carbocycles. The molecular formula is C18H25N3O2. The van der Waals surface area contributed by atoms with Gasteiger partial charge in [-0.1, -0.05) is 37.5 Å². The van der Waals surface area contributed by atoms with Gasteiger partial charge >= 0.3 is 0 Å². The summed E-state index contributed by atoms with van der Waals surface area (Å²) in [7, 11) is 0. The Morgan fingerprint density at radius 2 is 1.87 bits per heavy atom. The van der Waals surface area contributed by atoms with E-state index in [9.17, 15) is 9.59 Å². The lowest BCUT2D eigenvalue weighted by atomic mass is 9.74. The van der Waals surface area contributed by atoms with Crippen LogP contribution in [0.4, 0.5) is 5.69 Å². The summed E-state index contributed by atoms with van der Waals surface area (Å²) in [6.45, 7) is -0.110. The molecule has 0 radical (unpaired) electrons. The fourth-order valence-corrected chi connectivity index (χ4v) is 4.17. The van der Waals surface area contributed by atoms with Crippen LogP contribution in [0.5, 0.6) is 0 Å². The fraction of sp³-hybridized carbons (Fsp3) is 0.556. The number of para-hydroxylation sites is 1. The highest BCUT2D eigenvalue weighted by atomic mass is 16.2. The van der Waals surface area contributed by atoms with Crippen LogP contribution in [0.1, 0.15) is 50.0 Å². The van der Waals surface area contributed by atoms with Crippen LogP contribution in [0.25, 0.3) is 0 Å². The molecule has 0 spiro atoms. The molecule has 1 fully saturated rings. The summed E-state index contributed by atoms with van der Waals surface area (Å²) >= 11 is 0. The lowest BCUT2D eigenvalue weighted by Crippen LogP contribution is -2.46. The van der Waals surface area contributed by atoms with Gasteiger partial charge in [-0.25, -0.2) is 0 Å². The SMILES string of the molecule is NC(=O)CN1C(=O)C(N)CC(C2CCCCC2)c2ccccc21. The number of nitrogens with two attached hydrogens (primary N) is 2. The molecule has 1 aromatic carbocycles. The van der Waals surface area contributed by atoms with Crippen molar-refractivity contribution in [1.29, 1.82) is 0 Å². The van der Waals surface area contributed by atoms with Gasteiger partial charge in [-0.2, -0.15) is 0 Å². The average molecular weight is 315 g/mol. The van der Waals surface area contributed by atoms with E-state index in [-0.39, 0.29) is 18.4 Å². The summed E-state index contributed by atoms with van der Waals surface area (Å²) in [5.74, 6) is 0.131. The Morgan fingerprint density at radius 1 is 1.17 bits per heavy atom. The van der Waals surface area contributed by atoms with E-state index in [0.29, 0.717) is 12.3 Å². The zero-order valence-electron chi connectivity index (χ0n) is 13.4. The second-order valence-corrected chi connectivity index (χ2v) is 6.80. The number of rotatable bonds is 3. The molecule has 1 aliphatic heterocycles. The number of nitrogens with zero attached hydrogens (tertiary/aromatic N) is 1. The van der Waals surface area contributed by atoms with Crippen molar-refractivity contribution in [2.45, 2.75) is 50.5 Å². The second kappa shape index (κ2) is 6.71. The van der Waals surface area contributed by atoms with Gasteiger partial charge < -0.3 is 16.4 Å². The van der Waals surface area contributed by atoms with Crippen LogP contribution in [0.3, 0.4) is 0 Å². The number of fused-ring (bicyclic) bond motifs is 1. The van der Waals surface area contributed by atoms with Crippen LogP contribution < -0.4 is 16.4 Å². The number of benzene rings is 1. The Labute approximate surface area is 137 Å². The molecule has 0 bridgehead atoms. The molecule has 0 aromatic heterocycles. The highest BCUT2D eigenvalue weighted by molar-refractivity contribution is 6.02. The van der Waals surface area contributed by atoms with E-state index in [1.54, 1.807) is 0 Å². The standard InChI is InChI=1S/C18H25N3O2/c19-15-10-14(12-6-2-1-3-7-12)13-8-4-5-9-16(13)21(18(15)23)11-17(20)22/h4-5,8-9,12,14-15H,1-3,6-7,10-11,19H2,(H2,20,22). The summed E-state index contributed by atoms with van der Waals surface area (Å²) < 4.78 is 0. The normalized spacial score (nSPS) is 25.8. The molecule has 5 nitrogen and oxygen atoms in total. The number of amides is 2. The van der Waals surface area contributed by atoms with Crippen molar-refractivity contribution in [2.75, 3.05) is 11.4 Å². The zero-order chi connectivity index (χ0) is 16.4. The minimum absolute atomic E-state index is 0.110. The van der Waals surface area contributed by atoms with E-state index in [2.05, 4.69) is 6.07 Å². The van der Waals surface area contributed by atoms with Crippen LogP contribution in [0, 0.1) is 5.92 Å². The molecule has 0 saturated heterocycles. The van der Waals surface area contributed by atoms with Crippen molar-refractivity contribution in [1.82, 2.24) is 0 Å². The van der Waals surface area contributed by atoms with E-state index >= 15 is 0 Å². The Hall–Kier alpha value is -1.88. The Morgan fingerprint density at radius 3 is 2.57 bits per heavy atom. The van der Waals surface area contributed by atoms with Crippen molar-refractivity contribution >= 4 is 17.5 Å². The number of primary amides is 1. The molecular weight excluding hydrogens is 290 g/mol. The van der Waals surface area contributed by atoms with Crippen molar-refractivity contribution in [2.24, 2.45) is 17.4 Å². The number of carbonyl (C=O) groups excluding carboxylic acids is 2. The van der Waals surface area contributed by atoms with Gasteiger partial charge in [0.05, 0.1) is 6.04 Å². The van der Waals surface area contributed by atoms with Gasteiger partial charge in [-0.3, -0.25) is 9.59 Å². The van der Waals surface area contributed by atoms with Crippen LogP contribution >= 0.6 is 0 Å². The highest BCUT2D eigenvalue weighted by Gasteiger charge is 2.37. The van der Waals surface area contributed by atoms with Gasteiger partial charge in [0, 0.05) is 5.69 Å². The average Bonchev–Trinajstić information content (AvgIpc) is 2.66. The Kier molecular flexibility index (Phi) is 4.66. The molecule has 5 heteroatoms. The molecule has 4 N–H and O–H groups in total. The third-order valence-electron chi connectivity index (χ3n) is 5.25. The molecule has 2 atom stereocenters. The topological polar surface area (TPSA) is 89.4 Å². The number of anilines is 1. The predicted molar refractivity (Wildman–Crippen MR) is 89.9 cm³/mol. The maximum atomic E-state index is 12.7. The van der Waals surface area contributed by atoms with Crippen molar-refractivity contribution in [3.05, 3.63) is 29.8 Å². The van der Waals surface area contributed by atoms with Crippen molar-refractivity contribution < 1.29 is 9.59 Å². The quantitative estimate of drug-likeness (QED) is 0.892. The maximum absolute atomic E-state index is 12.7. The van der Waals surface area contributed by atoms with Crippen LogP contribution in [-0.4, -0.2) is 24.4 Å². The molecule has 1 aromatic rings. The summed E-state index contributed by atoms with van der Waals surface area (Å²) in [4.78, 5) is 25.6. The van der Waals surface area contributed by atoms with Gasteiger partial charge in [-0.05, 0) is 42.7 Å². The highest BCUT2D eigenvalue weighted by Crippen LogP contribution is 2.43. The van der Waals surface area contributed by atoms with E-state index in [1.807, 2.05) is 18.2 Å². The third kappa shape index (κ3) is 3.24. The van der Waals surface area contributed by atoms with Gasteiger partial charge in [-0.15, -0.1) is 0 Å². The Bertz CT molecular complexity index is 596. The monoisotopic (exact) mass is 315 g/mol. The van der Waals surface area contributed by atoms with Crippen LogP contribution in [0.2, 0.25) is 0 Å². The van der Waals surface area contributed by atoms with E-state index in [1.165, 1.54) is 37.0 Å². The van der Waals surface area contributed by atoms with Gasteiger partial charge in [0.15, 0.2) is 0 Å². The first-order chi connectivity index (χ1) is 11.1. The lowest BCUT2D eigenvalue weighted by Gasteiger charge is -2.31. The molecule has 1 heterocycles. The van der Waals surface area contributed by atoms with Crippen LogP contribution in [0.15, 0.2) is 24.3 Å². The maximum Gasteiger partial charge on any atom is 0.244 e. The van der Waals surface area contributed by atoms with E-state index in [4.69, 9.17) is 11.5 Å². The van der Waals surface area contributed by atoms with E-state index in [0.717, 1.165) is 11.3 Å². The number of hydrogen-bond donors (Lipinski definition) is 2. The molecule has 23 heavy (non-hydrogen) atoms. The smallest absolute Gasteiger partial charge is 0.244 e. The summed E-state index contributed by atoms with van der Waals surface area (Å²) in [6, 6.07) is 7.30. The minimum Gasteiger partial charge on any atom is -0.368 e. The molecule has 124 valence electrons. The summed E-state index contributed by atoms with van der Waals surface area (Å²) in [5.41, 5.74) is 13.5. The van der Waals surface area contributed by atoms with E-state index < -0.39 is 11.9 Å². The first-order valence-electron chi connectivity index (χ1n) is 8.52. The largest absolute Gasteiger partial charge is 0.368 e. The van der Waals surface area contributed by atoms with Gasteiger partial charge in [0.25, 0.3) is 0 Å². The Balaban J connectivity index is 2.01. The lowest BCUT2D eigenvalue weighted by molar-refractivity contribution is -0.123. The molecule has 2 unspecified atom stereocenters. The molecule has 2 aliphatic rings. The zero-order valence-corrected chi connectivity index (χ0v) is 13.4. The van der Waals surface area contributed by atoms with Gasteiger partial charge in [0.1, 0.15) is 6.54 Å². The third-order valence-corrected chi connectivity index (χ3v) is 5.25. The first-order valence-corrected chi connectivity index (χ1v) is 8.52. The summed E-state index contributed by atoms with van der Waals surface area (Å²) in [5, 5.41) is 0. The van der Waals surface area contributed by atoms with Gasteiger partial charge in [0.2, 0.25) is 11.8 Å². The predicted octanol–water partition coefficient (Wildman–Crippen LogP) is 1.90. The molecule has 2 amide bonds. The second-order valence-electron chi connectivity index (χ2n) is 6.80. The fourth-order valence-electron chi connectivity index (χ4n) is 4.17. The number of hydrogen-bond acceptors (Lipinski definition) is 3. The molecule has 3 rings (SSSR count). The first kappa shape index (κ1) is 16.0. The van der Waals surface area contributed by atoms with Crippen molar-refractivity contribution in [3.8, 4) is 0 Å². The molecule has 1 saturated carbocycles. The van der Waals surface area contributed by atoms with Crippen molar-refractivity contribution in [3.63, 3.8) is 0 Å². The minimum atomic E-state index is -0.575. The summed E-state index contributed by atoms with van der Waals surface area (Å²) in [6.07, 6.45) is 6.82.